The van der Waals surface area contributed by atoms with Crippen LogP contribution in [0.5, 0.6) is 5.75 Å². The molecule has 1 atom stereocenters. The maximum Gasteiger partial charge on any atom is 0.262 e. The molecular formula is C27H34ClN3O4. The highest BCUT2D eigenvalue weighted by molar-refractivity contribution is 6.34. The lowest BCUT2D eigenvalue weighted by molar-refractivity contribution is -0.143. The Morgan fingerprint density at radius 3 is 2.46 bits per heavy atom. The fraction of sp³-hybridized carbons (Fsp3) is 0.444. The van der Waals surface area contributed by atoms with Gasteiger partial charge in [-0.25, -0.2) is 5.01 Å². The molecule has 0 unspecified atom stereocenters. The number of halogens is 1. The van der Waals surface area contributed by atoms with Crippen molar-refractivity contribution >= 4 is 29.1 Å². The van der Waals surface area contributed by atoms with E-state index in [1.807, 2.05) is 63.2 Å². The number of methoxy groups -OCH3 is 2. The molecular weight excluding hydrogens is 466 g/mol. The third-order valence-corrected chi connectivity index (χ3v) is 6.10. The average Bonchev–Trinajstić information content (AvgIpc) is 3.26. The highest BCUT2D eigenvalue weighted by atomic mass is 35.5. The number of ether oxygens (including phenoxy) is 2. The van der Waals surface area contributed by atoms with E-state index >= 15 is 0 Å². The Morgan fingerprint density at radius 2 is 1.80 bits per heavy atom. The van der Waals surface area contributed by atoms with Gasteiger partial charge in [-0.3, -0.25) is 9.59 Å². The minimum Gasteiger partial charge on any atom is -0.496 e. The second-order valence-electron chi connectivity index (χ2n) is 9.77. The van der Waals surface area contributed by atoms with Crippen molar-refractivity contribution in [3.8, 4) is 5.75 Å². The third-order valence-electron chi connectivity index (χ3n) is 5.77. The van der Waals surface area contributed by atoms with Crippen molar-refractivity contribution in [2.75, 3.05) is 33.9 Å². The number of hydrogen-bond acceptors (Lipinski definition) is 5. The first-order valence-corrected chi connectivity index (χ1v) is 12.1. The van der Waals surface area contributed by atoms with E-state index in [-0.39, 0.29) is 29.8 Å². The van der Waals surface area contributed by atoms with Crippen molar-refractivity contribution in [1.82, 2.24) is 9.91 Å². The summed E-state index contributed by atoms with van der Waals surface area (Å²) in [7, 11) is 3.18. The van der Waals surface area contributed by atoms with Crippen molar-refractivity contribution in [3.63, 3.8) is 0 Å². The summed E-state index contributed by atoms with van der Waals surface area (Å²) in [5.74, 6) is 0.304. The van der Waals surface area contributed by atoms with E-state index in [4.69, 9.17) is 26.2 Å². The Kier molecular flexibility index (Phi) is 8.92. The van der Waals surface area contributed by atoms with Gasteiger partial charge in [-0.1, -0.05) is 68.8 Å². The van der Waals surface area contributed by atoms with Crippen LogP contribution in [0.1, 0.15) is 50.8 Å². The van der Waals surface area contributed by atoms with Crippen LogP contribution in [0.3, 0.4) is 0 Å². The number of hydrogen-bond donors (Lipinski definition) is 0. The molecule has 1 heterocycles. The number of hydrazone groups is 1. The molecule has 3 rings (SSSR count). The van der Waals surface area contributed by atoms with Crippen molar-refractivity contribution in [2.45, 2.75) is 39.7 Å². The molecule has 8 heteroatoms. The lowest BCUT2D eigenvalue weighted by atomic mass is 9.91. The molecule has 0 radical (unpaired) electrons. The zero-order valence-electron chi connectivity index (χ0n) is 21.1. The number of nitrogens with zero attached hydrogens (tertiary/aromatic N) is 3. The molecule has 1 aliphatic heterocycles. The standard InChI is InChI=1S/C27H34ClN3O4/c1-27(2,3)17-25(32)30(14-15-34-4)18-26(33)31-23(20-11-7-9-13-24(20)35-5)16-22(29-31)19-10-6-8-12-21(19)28/h6-13,23H,14-18H2,1-5H3/t23-/m1/s1. The molecule has 0 N–H and O–H groups in total. The number of amides is 2. The molecule has 2 aromatic rings. The van der Waals surface area contributed by atoms with Crippen LogP contribution in [0.4, 0.5) is 0 Å². The Labute approximate surface area is 212 Å². The molecule has 0 fully saturated rings. The van der Waals surface area contributed by atoms with Gasteiger partial charge < -0.3 is 14.4 Å². The van der Waals surface area contributed by atoms with Gasteiger partial charge in [-0.05, 0) is 17.5 Å². The molecule has 1 aliphatic rings. The van der Waals surface area contributed by atoms with E-state index in [1.54, 1.807) is 25.2 Å². The first kappa shape index (κ1) is 26.7. The number of para-hydroxylation sites is 1. The average molecular weight is 500 g/mol. The van der Waals surface area contributed by atoms with Gasteiger partial charge in [0, 0.05) is 42.6 Å². The first-order chi connectivity index (χ1) is 16.6. The molecule has 0 saturated heterocycles. The van der Waals surface area contributed by atoms with Crippen LogP contribution in [0.25, 0.3) is 0 Å². The van der Waals surface area contributed by atoms with Crippen molar-refractivity contribution in [1.29, 1.82) is 0 Å². The van der Waals surface area contributed by atoms with Crippen molar-refractivity contribution in [3.05, 3.63) is 64.7 Å². The van der Waals surface area contributed by atoms with Crippen LogP contribution in [0.15, 0.2) is 53.6 Å². The zero-order valence-corrected chi connectivity index (χ0v) is 21.8. The lowest BCUT2D eigenvalue weighted by Crippen LogP contribution is -2.43. The van der Waals surface area contributed by atoms with Gasteiger partial charge >= 0.3 is 0 Å². The topological polar surface area (TPSA) is 71.4 Å². The summed E-state index contributed by atoms with van der Waals surface area (Å²) in [4.78, 5) is 28.2. The summed E-state index contributed by atoms with van der Waals surface area (Å²) in [6, 6.07) is 14.7. The second kappa shape index (κ2) is 11.7. The van der Waals surface area contributed by atoms with Crippen LogP contribution >= 0.6 is 11.6 Å². The largest absolute Gasteiger partial charge is 0.496 e. The van der Waals surface area contributed by atoms with Gasteiger partial charge in [0.25, 0.3) is 5.91 Å². The third kappa shape index (κ3) is 6.83. The summed E-state index contributed by atoms with van der Waals surface area (Å²) >= 11 is 6.45. The van der Waals surface area contributed by atoms with E-state index in [1.165, 1.54) is 5.01 Å². The normalized spacial score (nSPS) is 15.7. The smallest absolute Gasteiger partial charge is 0.262 e. The Balaban J connectivity index is 1.94. The number of rotatable bonds is 9. The van der Waals surface area contributed by atoms with Crippen LogP contribution < -0.4 is 4.74 Å². The monoisotopic (exact) mass is 499 g/mol. The Hall–Kier alpha value is -2.90. The second-order valence-corrected chi connectivity index (χ2v) is 10.2. The molecule has 0 spiro atoms. The van der Waals surface area contributed by atoms with Crippen molar-refractivity contribution < 1.29 is 19.1 Å². The Bertz CT molecular complexity index is 1080. The summed E-state index contributed by atoms with van der Waals surface area (Å²) in [5, 5.41) is 6.75. The summed E-state index contributed by atoms with van der Waals surface area (Å²) in [5.41, 5.74) is 2.14. The summed E-state index contributed by atoms with van der Waals surface area (Å²) in [6.45, 7) is 6.57. The quantitative estimate of drug-likeness (QED) is 0.490. The summed E-state index contributed by atoms with van der Waals surface area (Å²) in [6.07, 6.45) is 0.803. The van der Waals surface area contributed by atoms with Gasteiger partial charge in [0.15, 0.2) is 0 Å². The van der Waals surface area contributed by atoms with Crippen LogP contribution in [-0.4, -0.2) is 61.4 Å². The van der Waals surface area contributed by atoms with E-state index in [2.05, 4.69) is 0 Å². The minimum atomic E-state index is -0.382. The van der Waals surface area contributed by atoms with Gasteiger partial charge in [-0.2, -0.15) is 5.10 Å². The molecule has 2 amide bonds. The number of carbonyl (C=O) groups is 2. The van der Waals surface area contributed by atoms with Gasteiger partial charge in [0.2, 0.25) is 5.91 Å². The van der Waals surface area contributed by atoms with Crippen LogP contribution in [0, 0.1) is 5.41 Å². The number of benzene rings is 2. The highest BCUT2D eigenvalue weighted by Crippen LogP contribution is 2.38. The maximum atomic E-state index is 13.6. The molecule has 7 nitrogen and oxygen atoms in total. The van der Waals surface area contributed by atoms with Gasteiger partial charge in [-0.15, -0.1) is 0 Å². The van der Waals surface area contributed by atoms with E-state index in [9.17, 15) is 9.59 Å². The molecule has 2 aromatic carbocycles. The van der Waals surface area contributed by atoms with Gasteiger partial charge in [0.05, 0.1) is 25.5 Å². The predicted octanol–water partition coefficient (Wildman–Crippen LogP) is 4.94. The maximum absolute atomic E-state index is 13.6. The van der Waals surface area contributed by atoms with Crippen LogP contribution in [0.2, 0.25) is 5.02 Å². The highest BCUT2D eigenvalue weighted by Gasteiger charge is 2.36. The van der Waals surface area contributed by atoms with E-state index < -0.39 is 0 Å². The van der Waals surface area contributed by atoms with Crippen molar-refractivity contribution in [2.24, 2.45) is 10.5 Å². The first-order valence-electron chi connectivity index (χ1n) is 11.7. The lowest BCUT2D eigenvalue weighted by Gasteiger charge is -2.29. The molecule has 188 valence electrons. The molecule has 0 saturated carbocycles. The van der Waals surface area contributed by atoms with Crippen LogP contribution in [-0.2, 0) is 14.3 Å². The fourth-order valence-corrected chi connectivity index (χ4v) is 4.32. The Morgan fingerprint density at radius 1 is 1.11 bits per heavy atom. The summed E-state index contributed by atoms with van der Waals surface area (Å²) < 4.78 is 10.8. The van der Waals surface area contributed by atoms with E-state index in [0.29, 0.717) is 42.5 Å². The predicted molar refractivity (Wildman–Crippen MR) is 138 cm³/mol. The zero-order chi connectivity index (χ0) is 25.6. The van der Waals surface area contributed by atoms with E-state index in [0.717, 1.165) is 11.1 Å². The number of carbonyl (C=O) groups excluding carboxylic acids is 2. The SMILES string of the molecule is COCCN(CC(=O)N1N=C(c2ccccc2Cl)C[C@@H]1c1ccccc1OC)C(=O)CC(C)(C)C. The molecule has 35 heavy (non-hydrogen) atoms. The minimum absolute atomic E-state index is 0.0914. The van der Waals surface area contributed by atoms with Gasteiger partial charge in [0.1, 0.15) is 12.3 Å². The fourth-order valence-electron chi connectivity index (χ4n) is 4.08. The molecule has 0 bridgehead atoms. The molecule has 0 aromatic heterocycles. The molecule has 0 aliphatic carbocycles.